The molecule has 1 aliphatic rings. The molecular formula is C10H13N3O. The minimum absolute atomic E-state index is 0.0920. The molecule has 0 aliphatic heterocycles. The standard InChI is InChI=1S/C10H13N3O/c1-7-5-9(12-6-11-7)13-10(14)8-3-2-4-8/h5-6,8H,2-4H2,1H3,(H,11,12,13,14). The van der Waals surface area contributed by atoms with Gasteiger partial charge >= 0.3 is 0 Å². The second-order valence-corrected chi connectivity index (χ2v) is 3.66. The van der Waals surface area contributed by atoms with E-state index in [1.807, 2.05) is 6.92 Å². The minimum Gasteiger partial charge on any atom is -0.310 e. The first-order valence-electron chi connectivity index (χ1n) is 4.85. The molecular weight excluding hydrogens is 178 g/mol. The lowest BCUT2D eigenvalue weighted by Crippen LogP contribution is -2.28. The van der Waals surface area contributed by atoms with E-state index in [-0.39, 0.29) is 11.8 Å². The zero-order valence-corrected chi connectivity index (χ0v) is 8.16. The molecule has 74 valence electrons. The summed E-state index contributed by atoms with van der Waals surface area (Å²) in [5.74, 6) is 0.897. The highest BCUT2D eigenvalue weighted by molar-refractivity contribution is 5.92. The van der Waals surface area contributed by atoms with Crippen LogP contribution in [0.4, 0.5) is 5.82 Å². The Labute approximate surface area is 82.8 Å². The van der Waals surface area contributed by atoms with E-state index in [1.165, 1.54) is 12.7 Å². The first-order valence-corrected chi connectivity index (χ1v) is 4.85. The van der Waals surface area contributed by atoms with Gasteiger partial charge in [0.05, 0.1) is 0 Å². The summed E-state index contributed by atoms with van der Waals surface area (Å²) in [5.41, 5.74) is 0.865. The number of nitrogens with one attached hydrogen (secondary N) is 1. The lowest BCUT2D eigenvalue weighted by molar-refractivity contribution is -0.122. The molecule has 1 aromatic rings. The summed E-state index contributed by atoms with van der Waals surface area (Å²) >= 11 is 0. The van der Waals surface area contributed by atoms with Crippen molar-refractivity contribution in [2.75, 3.05) is 5.32 Å². The van der Waals surface area contributed by atoms with Crippen molar-refractivity contribution in [3.8, 4) is 0 Å². The third-order valence-corrected chi connectivity index (χ3v) is 2.53. The summed E-state index contributed by atoms with van der Waals surface area (Å²) in [7, 11) is 0. The van der Waals surface area contributed by atoms with Crippen molar-refractivity contribution in [1.82, 2.24) is 9.97 Å². The molecule has 14 heavy (non-hydrogen) atoms. The van der Waals surface area contributed by atoms with Crippen LogP contribution in [0.15, 0.2) is 12.4 Å². The van der Waals surface area contributed by atoms with E-state index in [2.05, 4.69) is 15.3 Å². The molecule has 1 aromatic heterocycles. The van der Waals surface area contributed by atoms with Gasteiger partial charge in [-0.15, -0.1) is 0 Å². The number of hydrogen-bond acceptors (Lipinski definition) is 3. The zero-order valence-electron chi connectivity index (χ0n) is 8.16. The van der Waals surface area contributed by atoms with E-state index in [0.717, 1.165) is 18.5 Å². The molecule has 0 unspecified atom stereocenters. The number of rotatable bonds is 2. The van der Waals surface area contributed by atoms with Gasteiger partial charge in [0, 0.05) is 17.7 Å². The molecule has 1 saturated carbocycles. The van der Waals surface area contributed by atoms with Crippen LogP contribution in [0.5, 0.6) is 0 Å². The van der Waals surface area contributed by atoms with Crippen LogP contribution in [0.1, 0.15) is 25.0 Å². The normalized spacial score (nSPS) is 16.1. The number of aromatic nitrogens is 2. The highest BCUT2D eigenvalue weighted by atomic mass is 16.2. The maximum absolute atomic E-state index is 11.5. The fraction of sp³-hybridized carbons (Fsp3) is 0.500. The number of nitrogens with zero attached hydrogens (tertiary/aromatic N) is 2. The number of anilines is 1. The number of hydrogen-bond donors (Lipinski definition) is 1. The fourth-order valence-electron chi connectivity index (χ4n) is 1.42. The summed E-state index contributed by atoms with van der Waals surface area (Å²) in [4.78, 5) is 19.5. The van der Waals surface area contributed by atoms with Gasteiger partial charge in [-0.3, -0.25) is 4.79 Å². The topological polar surface area (TPSA) is 54.9 Å². The van der Waals surface area contributed by atoms with E-state index in [9.17, 15) is 4.79 Å². The van der Waals surface area contributed by atoms with Crippen molar-refractivity contribution in [2.45, 2.75) is 26.2 Å². The number of carbonyl (C=O) groups excluding carboxylic acids is 1. The molecule has 0 bridgehead atoms. The van der Waals surface area contributed by atoms with Gasteiger partial charge in [-0.25, -0.2) is 9.97 Å². The molecule has 0 saturated heterocycles. The fourth-order valence-corrected chi connectivity index (χ4v) is 1.42. The monoisotopic (exact) mass is 191 g/mol. The summed E-state index contributed by atoms with van der Waals surface area (Å²) in [6, 6.07) is 1.77. The predicted octanol–water partition coefficient (Wildman–Crippen LogP) is 1.52. The Morgan fingerprint density at radius 2 is 2.29 bits per heavy atom. The number of aryl methyl sites for hydroxylation is 1. The van der Waals surface area contributed by atoms with Gasteiger partial charge in [0.15, 0.2) is 0 Å². The van der Waals surface area contributed by atoms with Gasteiger partial charge in [-0.2, -0.15) is 0 Å². The Bertz CT molecular complexity index is 347. The Morgan fingerprint density at radius 3 is 2.86 bits per heavy atom. The average Bonchev–Trinajstić information content (AvgIpc) is 1.99. The van der Waals surface area contributed by atoms with Gasteiger partial charge in [0.1, 0.15) is 12.1 Å². The van der Waals surface area contributed by atoms with Gasteiger partial charge in [0.2, 0.25) is 5.91 Å². The van der Waals surface area contributed by atoms with E-state index in [0.29, 0.717) is 5.82 Å². The lowest BCUT2D eigenvalue weighted by atomic mass is 9.85. The predicted molar refractivity (Wildman–Crippen MR) is 52.7 cm³/mol. The van der Waals surface area contributed by atoms with Crippen LogP contribution in [-0.4, -0.2) is 15.9 Å². The van der Waals surface area contributed by atoms with E-state index < -0.39 is 0 Å². The molecule has 0 radical (unpaired) electrons. The van der Waals surface area contributed by atoms with Crippen molar-refractivity contribution in [3.63, 3.8) is 0 Å². The first-order chi connectivity index (χ1) is 6.75. The highest BCUT2D eigenvalue weighted by Gasteiger charge is 2.25. The van der Waals surface area contributed by atoms with Crippen LogP contribution in [0.3, 0.4) is 0 Å². The molecule has 1 N–H and O–H groups in total. The molecule has 0 atom stereocenters. The van der Waals surface area contributed by atoms with E-state index in [1.54, 1.807) is 6.07 Å². The van der Waals surface area contributed by atoms with Crippen LogP contribution >= 0.6 is 0 Å². The van der Waals surface area contributed by atoms with Crippen molar-refractivity contribution in [2.24, 2.45) is 5.92 Å². The summed E-state index contributed by atoms with van der Waals surface area (Å²) in [6.07, 6.45) is 4.65. The van der Waals surface area contributed by atoms with Gasteiger partial charge in [-0.1, -0.05) is 6.42 Å². The molecule has 1 fully saturated rings. The van der Waals surface area contributed by atoms with Gasteiger partial charge < -0.3 is 5.32 Å². The Hall–Kier alpha value is -1.45. The first kappa shape index (κ1) is 9.12. The van der Waals surface area contributed by atoms with Crippen LogP contribution < -0.4 is 5.32 Å². The third kappa shape index (κ3) is 1.89. The van der Waals surface area contributed by atoms with Gasteiger partial charge in [-0.05, 0) is 19.8 Å². The quantitative estimate of drug-likeness (QED) is 0.771. The van der Waals surface area contributed by atoms with Crippen molar-refractivity contribution < 1.29 is 4.79 Å². The number of carbonyl (C=O) groups is 1. The Morgan fingerprint density at radius 1 is 1.50 bits per heavy atom. The summed E-state index contributed by atoms with van der Waals surface area (Å²) in [6.45, 7) is 1.88. The minimum atomic E-state index is 0.0920. The Balaban J connectivity index is 1.99. The second kappa shape index (κ2) is 3.74. The summed E-state index contributed by atoms with van der Waals surface area (Å²) in [5, 5.41) is 2.79. The maximum atomic E-state index is 11.5. The van der Waals surface area contributed by atoms with E-state index in [4.69, 9.17) is 0 Å². The molecule has 1 heterocycles. The number of amides is 1. The third-order valence-electron chi connectivity index (χ3n) is 2.53. The van der Waals surface area contributed by atoms with Crippen LogP contribution in [0.25, 0.3) is 0 Å². The molecule has 4 nitrogen and oxygen atoms in total. The average molecular weight is 191 g/mol. The molecule has 1 aliphatic carbocycles. The van der Waals surface area contributed by atoms with Crippen LogP contribution in [0, 0.1) is 12.8 Å². The molecule has 1 amide bonds. The van der Waals surface area contributed by atoms with Crippen molar-refractivity contribution in [1.29, 1.82) is 0 Å². The van der Waals surface area contributed by atoms with Crippen molar-refractivity contribution >= 4 is 11.7 Å². The van der Waals surface area contributed by atoms with Gasteiger partial charge in [0.25, 0.3) is 0 Å². The molecule has 4 heteroatoms. The molecule has 0 spiro atoms. The SMILES string of the molecule is Cc1cc(NC(=O)C2CCC2)ncn1. The largest absolute Gasteiger partial charge is 0.310 e. The molecule has 2 rings (SSSR count). The van der Waals surface area contributed by atoms with Crippen LogP contribution in [0.2, 0.25) is 0 Å². The lowest BCUT2D eigenvalue weighted by Gasteiger charge is -2.23. The van der Waals surface area contributed by atoms with Crippen molar-refractivity contribution in [3.05, 3.63) is 18.1 Å². The Kier molecular flexibility index (Phi) is 2.43. The molecule has 0 aromatic carbocycles. The smallest absolute Gasteiger partial charge is 0.228 e. The zero-order chi connectivity index (χ0) is 9.97. The summed E-state index contributed by atoms with van der Waals surface area (Å²) < 4.78 is 0. The highest BCUT2D eigenvalue weighted by Crippen LogP contribution is 2.27. The van der Waals surface area contributed by atoms with Crippen LogP contribution in [-0.2, 0) is 4.79 Å². The van der Waals surface area contributed by atoms with E-state index >= 15 is 0 Å². The maximum Gasteiger partial charge on any atom is 0.228 e. The second-order valence-electron chi connectivity index (χ2n) is 3.66.